The first-order chi connectivity index (χ1) is 8.88. The smallest absolute Gasteiger partial charge is 0.143 e. The van der Waals surface area contributed by atoms with Gasteiger partial charge in [0.25, 0.3) is 0 Å². The fraction of sp³-hybridized carbons (Fsp3) is 0.200. The van der Waals surface area contributed by atoms with Gasteiger partial charge in [-0.25, -0.2) is 0 Å². The molecule has 0 aromatic heterocycles. The maximum atomic E-state index is 5.62. The minimum Gasteiger partial charge on any atom is -0.497 e. The van der Waals surface area contributed by atoms with Gasteiger partial charge < -0.3 is 14.4 Å². The Kier molecular flexibility index (Phi) is 2.81. The summed E-state index contributed by atoms with van der Waals surface area (Å²) in [7, 11) is 1.68. The third-order valence-corrected chi connectivity index (χ3v) is 3.05. The lowest BCUT2D eigenvalue weighted by Crippen LogP contribution is -2.28. The highest BCUT2D eigenvalue weighted by molar-refractivity contribution is 5.70. The Hall–Kier alpha value is -2.16. The van der Waals surface area contributed by atoms with Gasteiger partial charge in [0.05, 0.1) is 19.3 Å². The Balaban J connectivity index is 1.97. The Morgan fingerprint density at radius 2 is 2.06 bits per heavy atom. The van der Waals surface area contributed by atoms with Crippen LogP contribution in [-0.2, 0) is 0 Å². The highest BCUT2D eigenvalue weighted by atomic mass is 16.5. The van der Waals surface area contributed by atoms with Crippen LogP contribution < -0.4 is 14.4 Å². The van der Waals surface area contributed by atoms with Gasteiger partial charge in [0, 0.05) is 5.69 Å². The first-order valence-electron chi connectivity index (χ1n) is 5.93. The maximum Gasteiger partial charge on any atom is 0.143 e. The van der Waals surface area contributed by atoms with Gasteiger partial charge in [0.15, 0.2) is 0 Å². The normalized spacial score (nSPS) is 13.7. The molecule has 2 aromatic rings. The number of ether oxygens (including phenoxy) is 2. The largest absolute Gasteiger partial charge is 0.497 e. The van der Waals surface area contributed by atoms with Crippen molar-refractivity contribution in [1.29, 1.82) is 0 Å². The summed E-state index contributed by atoms with van der Waals surface area (Å²) in [4.78, 5) is 2.24. The highest BCUT2D eigenvalue weighted by Gasteiger charge is 2.18. The first kappa shape index (κ1) is 11.0. The van der Waals surface area contributed by atoms with Gasteiger partial charge in [0.1, 0.15) is 18.1 Å². The summed E-state index contributed by atoms with van der Waals surface area (Å²) in [5, 5.41) is 0. The van der Waals surface area contributed by atoms with Crippen LogP contribution in [0.2, 0.25) is 0 Å². The average Bonchev–Trinajstić information content (AvgIpc) is 2.47. The van der Waals surface area contributed by atoms with E-state index in [9.17, 15) is 0 Å². The zero-order valence-corrected chi connectivity index (χ0v) is 10.2. The first-order valence-corrected chi connectivity index (χ1v) is 5.93. The van der Waals surface area contributed by atoms with Gasteiger partial charge in [-0.05, 0) is 42.5 Å². The van der Waals surface area contributed by atoms with Crippen LogP contribution in [0.4, 0.5) is 11.4 Å². The molecule has 18 heavy (non-hydrogen) atoms. The number of fused-ring (bicyclic) bond motifs is 1. The Labute approximate surface area is 107 Å². The molecule has 1 aliphatic rings. The zero-order valence-electron chi connectivity index (χ0n) is 10.2. The van der Waals surface area contributed by atoms with E-state index in [2.05, 4.69) is 23.1 Å². The lowest BCUT2D eigenvalue weighted by atomic mass is 10.2. The fourth-order valence-corrected chi connectivity index (χ4v) is 2.14. The van der Waals surface area contributed by atoms with Crippen LogP contribution in [0.1, 0.15) is 0 Å². The van der Waals surface area contributed by atoms with Crippen molar-refractivity contribution in [3.8, 4) is 11.5 Å². The van der Waals surface area contributed by atoms with Gasteiger partial charge in [0.2, 0.25) is 0 Å². The predicted octanol–water partition coefficient (Wildman–Crippen LogP) is 3.03. The van der Waals surface area contributed by atoms with Gasteiger partial charge in [-0.3, -0.25) is 0 Å². The molecule has 3 rings (SSSR count). The molecule has 1 radical (unpaired) electrons. The Morgan fingerprint density at radius 3 is 2.83 bits per heavy atom. The van der Waals surface area contributed by atoms with E-state index in [1.807, 2.05) is 30.3 Å². The molecule has 2 aromatic carbocycles. The summed E-state index contributed by atoms with van der Waals surface area (Å²) in [6, 6.07) is 16.9. The lowest BCUT2D eigenvalue weighted by molar-refractivity contribution is 0.314. The van der Waals surface area contributed by atoms with Crippen LogP contribution in [-0.4, -0.2) is 20.3 Å². The molecule has 0 bridgehead atoms. The van der Waals surface area contributed by atoms with E-state index in [4.69, 9.17) is 9.47 Å². The number of hydrogen-bond donors (Lipinski definition) is 0. The molecule has 1 aliphatic heterocycles. The van der Waals surface area contributed by atoms with Crippen molar-refractivity contribution in [2.45, 2.75) is 0 Å². The topological polar surface area (TPSA) is 21.7 Å². The number of anilines is 2. The standard InChI is InChI=1S/C15H14NO2/c1-17-13-8-6-12(7-9-13)16-10-11-18-15-5-3-2-4-14(15)16/h2,4-9H,10-11H2,1H3. The molecule has 0 fully saturated rings. The number of benzene rings is 2. The molecular weight excluding hydrogens is 226 g/mol. The van der Waals surface area contributed by atoms with Crippen molar-refractivity contribution in [1.82, 2.24) is 0 Å². The van der Waals surface area contributed by atoms with Gasteiger partial charge in [-0.15, -0.1) is 0 Å². The van der Waals surface area contributed by atoms with Crippen molar-refractivity contribution >= 4 is 11.4 Å². The second kappa shape index (κ2) is 4.61. The summed E-state index contributed by atoms with van der Waals surface area (Å²) >= 11 is 0. The third-order valence-electron chi connectivity index (χ3n) is 3.05. The van der Waals surface area contributed by atoms with Crippen LogP contribution in [0.5, 0.6) is 11.5 Å². The average molecular weight is 240 g/mol. The molecule has 1 heterocycles. The predicted molar refractivity (Wildman–Crippen MR) is 70.8 cm³/mol. The number of nitrogens with zero attached hydrogens (tertiary/aromatic N) is 1. The van der Waals surface area contributed by atoms with Crippen molar-refractivity contribution in [3.05, 3.63) is 48.5 Å². The third kappa shape index (κ3) is 1.88. The van der Waals surface area contributed by atoms with Crippen LogP contribution >= 0.6 is 0 Å². The maximum absolute atomic E-state index is 5.62. The summed E-state index contributed by atoms with van der Waals surface area (Å²) in [6.07, 6.45) is 0. The quantitative estimate of drug-likeness (QED) is 0.805. The second-order valence-corrected chi connectivity index (χ2v) is 4.09. The van der Waals surface area contributed by atoms with Crippen LogP contribution in [0.15, 0.2) is 42.5 Å². The van der Waals surface area contributed by atoms with Crippen LogP contribution in [0.3, 0.4) is 0 Å². The molecule has 0 amide bonds. The molecule has 0 unspecified atom stereocenters. The summed E-state index contributed by atoms with van der Waals surface area (Å²) < 4.78 is 10.8. The van der Waals surface area contributed by atoms with Crippen LogP contribution in [0, 0.1) is 6.07 Å². The van der Waals surface area contributed by atoms with E-state index < -0.39 is 0 Å². The van der Waals surface area contributed by atoms with E-state index in [1.54, 1.807) is 7.11 Å². The zero-order chi connectivity index (χ0) is 12.4. The fourth-order valence-electron chi connectivity index (χ4n) is 2.14. The SMILES string of the molecule is COc1ccc(N2CCOc3c[c]ccc32)cc1. The molecule has 91 valence electrons. The molecular formula is C15H14NO2. The van der Waals surface area contributed by atoms with Crippen molar-refractivity contribution in [2.75, 3.05) is 25.2 Å². The van der Waals surface area contributed by atoms with E-state index in [0.717, 1.165) is 29.4 Å². The Bertz CT molecular complexity index is 536. The lowest BCUT2D eigenvalue weighted by Gasteiger charge is -2.31. The second-order valence-electron chi connectivity index (χ2n) is 4.09. The molecule has 0 saturated carbocycles. The van der Waals surface area contributed by atoms with E-state index in [1.165, 1.54) is 0 Å². The molecule has 3 nitrogen and oxygen atoms in total. The minimum atomic E-state index is 0.691. The van der Waals surface area contributed by atoms with E-state index >= 15 is 0 Å². The van der Waals surface area contributed by atoms with Gasteiger partial charge in [-0.2, -0.15) is 0 Å². The molecule has 3 heteroatoms. The van der Waals surface area contributed by atoms with Crippen LogP contribution in [0.25, 0.3) is 0 Å². The number of rotatable bonds is 2. The van der Waals surface area contributed by atoms with Gasteiger partial charge >= 0.3 is 0 Å². The molecule has 0 spiro atoms. The monoisotopic (exact) mass is 240 g/mol. The molecule has 0 saturated heterocycles. The highest BCUT2D eigenvalue weighted by Crippen LogP contribution is 2.36. The van der Waals surface area contributed by atoms with Crippen molar-refractivity contribution < 1.29 is 9.47 Å². The van der Waals surface area contributed by atoms with Crippen molar-refractivity contribution in [3.63, 3.8) is 0 Å². The summed E-state index contributed by atoms with van der Waals surface area (Å²) in [5.41, 5.74) is 2.23. The molecule has 0 N–H and O–H groups in total. The number of hydrogen-bond acceptors (Lipinski definition) is 3. The van der Waals surface area contributed by atoms with E-state index in [-0.39, 0.29) is 0 Å². The molecule has 0 atom stereocenters. The van der Waals surface area contributed by atoms with E-state index in [0.29, 0.717) is 6.61 Å². The number of methoxy groups -OCH3 is 1. The Morgan fingerprint density at radius 1 is 1.22 bits per heavy atom. The van der Waals surface area contributed by atoms with Crippen molar-refractivity contribution in [2.24, 2.45) is 0 Å². The minimum absolute atomic E-state index is 0.691. The summed E-state index contributed by atoms with van der Waals surface area (Å²) in [6.45, 7) is 1.54. The summed E-state index contributed by atoms with van der Waals surface area (Å²) in [5.74, 6) is 1.76. The molecule has 0 aliphatic carbocycles. The van der Waals surface area contributed by atoms with Gasteiger partial charge in [-0.1, -0.05) is 6.07 Å².